The summed E-state index contributed by atoms with van der Waals surface area (Å²) in [6.07, 6.45) is 6.61. The molecule has 0 saturated carbocycles. The summed E-state index contributed by atoms with van der Waals surface area (Å²) in [5.41, 5.74) is 1.39. The largest absolute Gasteiger partial charge is 0.493 e. The Morgan fingerprint density at radius 1 is 1.09 bits per heavy atom. The zero-order valence-electron chi connectivity index (χ0n) is 19.5. The summed E-state index contributed by atoms with van der Waals surface area (Å²) in [4.78, 5) is 29.8. The third-order valence-electron chi connectivity index (χ3n) is 6.37. The number of piperidine rings is 1. The highest BCUT2D eigenvalue weighted by atomic mass is 16.5. The van der Waals surface area contributed by atoms with Gasteiger partial charge in [0.2, 0.25) is 5.91 Å². The summed E-state index contributed by atoms with van der Waals surface area (Å²) < 4.78 is 13.3. The molecule has 0 radical (unpaired) electrons. The number of methoxy groups -OCH3 is 1. The van der Waals surface area contributed by atoms with Crippen LogP contribution in [0.25, 0.3) is 0 Å². The first-order valence-corrected chi connectivity index (χ1v) is 11.8. The van der Waals surface area contributed by atoms with Crippen LogP contribution in [0.3, 0.4) is 0 Å². The first kappa shape index (κ1) is 23.1. The molecule has 2 aromatic rings. The average Bonchev–Trinajstić information content (AvgIpc) is 3.28. The number of carbonyl (C=O) groups is 2. The number of ether oxygens (including phenoxy) is 2. The van der Waals surface area contributed by atoms with Crippen molar-refractivity contribution in [3.8, 4) is 11.5 Å². The van der Waals surface area contributed by atoms with Gasteiger partial charge in [-0.1, -0.05) is 11.3 Å². The van der Waals surface area contributed by atoms with Gasteiger partial charge in [-0.15, -0.1) is 5.10 Å². The summed E-state index contributed by atoms with van der Waals surface area (Å²) in [5.74, 6) is 1.34. The first-order chi connectivity index (χ1) is 16.0. The Bertz CT molecular complexity index is 976. The molecule has 1 saturated heterocycles. The minimum Gasteiger partial charge on any atom is -0.493 e. The van der Waals surface area contributed by atoms with Gasteiger partial charge >= 0.3 is 0 Å². The standard InChI is InChI=1S/C24H33N5O4/c1-27-15-18-7-5-12-28(16-18)22(30)11-3-8-19-17-29(26-25-19)13-6-14-33-23-20(24(27)31)9-4-10-21(23)32-2/h4,9-10,17-18H,3,5-8,11-16H2,1-2H3. The van der Waals surface area contributed by atoms with Gasteiger partial charge in [0.1, 0.15) is 0 Å². The number of amides is 2. The summed E-state index contributed by atoms with van der Waals surface area (Å²) in [6, 6.07) is 5.38. The van der Waals surface area contributed by atoms with Gasteiger partial charge in [-0.05, 0) is 43.7 Å². The molecule has 0 aliphatic carbocycles. The first-order valence-electron chi connectivity index (χ1n) is 11.8. The number of benzene rings is 1. The van der Waals surface area contributed by atoms with Crippen LogP contribution in [0, 0.1) is 5.92 Å². The van der Waals surface area contributed by atoms with Gasteiger partial charge in [0, 0.05) is 52.3 Å². The number of carbonyl (C=O) groups excluding carboxylic acids is 2. The van der Waals surface area contributed by atoms with E-state index in [0.29, 0.717) is 56.1 Å². The highest BCUT2D eigenvalue weighted by molar-refractivity contribution is 5.97. The summed E-state index contributed by atoms with van der Waals surface area (Å²) in [7, 11) is 3.39. The Labute approximate surface area is 194 Å². The fourth-order valence-corrected chi connectivity index (χ4v) is 4.65. The van der Waals surface area contributed by atoms with Gasteiger partial charge in [-0.2, -0.15) is 0 Å². The SMILES string of the molecule is COc1cccc2c1OCCCn1cc(nn1)CCCC(=O)N1CCCC(CN(C)C2=O)C1. The van der Waals surface area contributed by atoms with Crippen molar-refractivity contribution in [3.63, 3.8) is 0 Å². The smallest absolute Gasteiger partial charge is 0.257 e. The third kappa shape index (κ3) is 5.64. The van der Waals surface area contributed by atoms with E-state index in [1.165, 1.54) is 0 Å². The molecular weight excluding hydrogens is 422 g/mol. The average molecular weight is 456 g/mol. The maximum absolute atomic E-state index is 13.3. The van der Waals surface area contributed by atoms with E-state index in [4.69, 9.17) is 9.47 Å². The van der Waals surface area contributed by atoms with Gasteiger partial charge in [0.05, 0.1) is 25.0 Å². The van der Waals surface area contributed by atoms with E-state index >= 15 is 0 Å². The number of rotatable bonds is 1. The Balaban J connectivity index is 1.57. The van der Waals surface area contributed by atoms with Crippen LogP contribution >= 0.6 is 0 Å². The van der Waals surface area contributed by atoms with Gasteiger partial charge in [-0.3, -0.25) is 14.3 Å². The van der Waals surface area contributed by atoms with Gasteiger partial charge in [0.15, 0.2) is 11.5 Å². The van der Waals surface area contributed by atoms with Crippen molar-refractivity contribution in [2.75, 3.05) is 40.4 Å². The van der Waals surface area contributed by atoms with E-state index in [2.05, 4.69) is 10.3 Å². The second-order valence-electron chi connectivity index (χ2n) is 8.90. The molecule has 3 heterocycles. The molecular formula is C24H33N5O4. The molecule has 2 amide bonds. The lowest BCUT2D eigenvalue weighted by Crippen LogP contribution is -2.44. The number of aromatic nitrogens is 3. The van der Waals surface area contributed by atoms with Crippen molar-refractivity contribution < 1.29 is 19.1 Å². The molecule has 1 atom stereocenters. The molecule has 178 valence electrons. The number of hydrogen-bond donors (Lipinski definition) is 0. The Morgan fingerprint density at radius 2 is 1.97 bits per heavy atom. The number of para-hydroxylation sites is 1. The monoisotopic (exact) mass is 455 g/mol. The topological polar surface area (TPSA) is 89.8 Å². The highest BCUT2D eigenvalue weighted by Crippen LogP contribution is 2.32. The predicted molar refractivity (Wildman–Crippen MR) is 122 cm³/mol. The quantitative estimate of drug-likeness (QED) is 0.656. The molecule has 1 aromatic heterocycles. The number of aryl methyl sites for hydroxylation is 2. The number of hydrogen-bond acceptors (Lipinski definition) is 6. The Kier molecular flexibility index (Phi) is 7.47. The van der Waals surface area contributed by atoms with Crippen LogP contribution in [0.2, 0.25) is 0 Å². The normalized spacial score (nSPS) is 20.8. The fraction of sp³-hybridized carbons (Fsp3) is 0.583. The lowest BCUT2D eigenvalue weighted by molar-refractivity contribution is -0.133. The van der Waals surface area contributed by atoms with Crippen molar-refractivity contribution >= 4 is 11.8 Å². The maximum Gasteiger partial charge on any atom is 0.257 e. The molecule has 1 fully saturated rings. The van der Waals surface area contributed by atoms with Crippen LogP contribution in [-0.4, -0.2) is 77.0 Å². The zero-order chi connectivity index (χ0) is 23.2. The van der Waals surface area contributed by atoms with Crippen molar-refractivity contribution in [3.05, 3.63) is 35.7 Å². The van der Waals surface area contributed by atoms with Crippen molar-refractivity contribution in [2.45, 2.75) is 45.1 Å². The van der Waals surface area contributed by atoms with E-state index in [9.17, 15) is 9.59 Å². The predicted octanol–water partition coefficient (Wildman–Crippen LogP) is 2.40. The lowest BCUT2D eigenvalue weighted by Gasteiger charge is -2.35. The van der Waals surface area contributed by atoms with E-state index in [0.717, 1.165) is 37.9 Å². The fourth-order valence-electron chi connectivity index (χ4n) is 4.65. The van der Waals surface area contributed by atoms with Gasteiger partial charge in [0.25, 0.3) is 5.91 Å². The second kappa shape index (κ2) is 10.7. The van der Waals surface area contributed by atoms with Crippen LogP contribution in [0.15, 0.2) is 24.4 Å². The molecule has 4 bridgehead atoms. The molecule has 0 N–H and O–H groups in total. The van der Waals surface area contributed by atoms with E-state index in [-0.39, 0.29) is 17.7 Å². The minimum absolute atomic E-state index is 0.105. The highest BCUT2D eigenvalue weighted by Gasteiger charge is 2.27. The van der Waals surface area contributed by atoms with Crippen LogP contribution in [-0.2, 0) is 17.8 Å². The Morgan fingerprint density at radius 3 is 2.82 bits per heavy atom. The van der Waals surface area contributed by atoms with Crippen LogP contribution < -0.4 is 9.47 Å². The molecule has 2 aliphatic rings. The third-order valence-corrected chi connectivity index (χ3v) is 6.37. The van der Waals surface area contributed by atoms with Crippen LogP contribution in [0.4, 0.5) is 0 Å². The summed E-state index contributed by atoms with van der Waals surface area (Å²) in [5, 5.41) is 8.42. The minimum atomic E-state index is -0.105. The summed E-state index contributed by atoms with van der Waals surface area (Å²) >= 11 is 0. The molecule has 9 nitrogen and oxygen atoms in total. The molecule has 33 heavy (non-hydrogen) atoms. The van der Waals surface area contributed by atoms with Gasteiger partial charge in [-0.25, -0.2) is 0 Å². The molecule has 1 unspecified atom stereocenters. The van der Waals surface area contributed by atoms with Crippen molar-refractivity contribution in [1.29, 1.82) is 0 Å². The van der Waals surface area contributed by atoms with Crippen molar-refractivity contribution in [2.24, 2.45) is 5.92 Å². The lowest BCUT2D eigenvalue weighted by atomic mass is 9.96. The van der Waals surface area contributed by atoms with E-state index in [1.807, 2.05) is 18.1 Å². The second-order valence-corrected chi connectivity index (χ2v) is 8.90. The zero-order valence-corrected chi connectivity index (χ0v) is 19.5. The number of nitrogens with zero attached hydrogens (tertiary/aromatic N) is 5. The molecule has 0 spiro atoms. The molecule has 2 aliphatic heterocycles. The van der Waals surface area contributed by atoms with E-state index < -0.39 is 0 Å². The molecule has 4 rings (SSSR count). The van der Waals surface area contributed by atoms with Crippen molar-refractivity contribution in [1.82, 2.24) is 24.8 Å². The summed E-state index contributed by atoms with van der Waals surface area (Å²) in [6.45, 7) is 3.15. The van der Waals surface area contributed by atoms with Gasteiger partial charge < -0.3 is 19.3 Å². The van der Waals surface area contributed by atoms with E-state index in [1.54, 1.807) is 34.9 Å². The van der Waals surface area contributed by atoms with Crippen LogP contribution in [0.1, 0.15) is 48.2 Å². The Hall–Kier alpha value is -3.10. The molecule has 9 heteroatoms. The molecule has 1 aromatic carbocycles. The van der Waals surface area contributed by atoms with Crippen LogP contribution in [0.5, 0.6) is 11.5 Å². The maximum atomic E-state index is 13.3. The number of fused-ring (bicyclic) bond motifs is 5.